The Hall–Kier alpha value is -1.28. The monoisotopic (exact) mass is 301 g/mol. The maximum absolute atomic E-state index is 12.9. The van der Waals surface area contributed by atoms with Gasteiger partial charge in [0.25, 0.3) is 6.43 Å². The molecule has 0 spiro atoms. The third kappa shape index (κ3) is 3.10. The molecule has 0 aliphatic heterocycles. The van der Waals surface area contributed by atoms with Crippen molar-refractivity contribution in [3.8, 4) is 6.07 Å². The van der Waals surface area contributed by atoms with Crippen LogP contribution in [0.5, 0.6) is 0 Å². The van der Waals surface area contributed by atoms with Crippen molar-refractivity contribution >= 4 is 21.7 Å². The van der Waals surface area contributed by atoms with Gasteiger partial charge in [0.05, 0.1) is 17.3 Å². The number of nitrogens with zero attached hydrogens (tertiary/aromatic N) is 1. The van der Waals surface area contributed by atoms with Crippen LogP contribution in [-0.2, 0) is 11.2 Å². The Morgan fingerprint density at radius 3 is 2.65 bits per heavy atom. The quantitative estimate of drug-likeness (QED) is 0.795. The molecule has 0 fully saturated rings. The molecule has 0 radical (unpaired) electrons. The Morgan fingerprint density at radius 1 is 1.53 bits per heavy atom. The second-order valence-electron chi connectivity index (χ2n) is 3.53. The molecular formula is C12H10BrF2NO. The van der Waals surface area contributed by atoms with Gasteiger partial charge >= 0.3 is 0 Å². The summed E-state index contributed by atoms with van der Waals surface area (Å²) in [6.45, 7) is 1.32. The molecule has 0 saturated carbocycles. The molecule has 90 valence electrons. The van der Waals surface area contributed by atoms with E-state index in [1.807, 2.05) is 6.07 Å². The van der Waals surface area contributed by atoms with Gasteiger partial charge in [0.2, 0.25) is 0 Å². The van der Waals surface area contributed by atoms with Crippen LogP contribution >= 0.6 is 15.9 Å². The lowest BCUT2D eigenvalue weighted by molar-refractivity contribution is -0.116. The normalized spacial score (nSPS) is 12.2. The van der Waals surface area contributed by atoms with E-state index in [2.05, 4.69) is 15.9 Å². The van der Waals surface area contributed by atoms with Crippen molar-refractivity contribution < 1.29 is 13.6 Å². The average molecular weight is 302 g/mol. The van der Waals surface area contributed by atoms with Crippen molar-refractivity contribution in [1.29, 1.82) is 5.26 Å². The lowest BCUT2D eigenvalue weighted by atomic mass is 9.95. The molecule has 2 nitrogen and oxygen atoms in total. The van der Waals surface area contributed by atoms with Crippen molar-refractivity contribution in [3.63, 3.8) is 0 Å². The molecule has 1 rings (SSSR count). The summed E-state index contributed by atoms with van der Waals surface area (Å²) in [4.78, 5) is 10.5. The Bertz CT molecular complexity index is 468. The molecule has 0 amide bonds. The fourth-order valence-electron chi connectivity index (χ4n) is 1.57. The van der Waals surface area contributed by atoms with E-state index in [4.69, 9.17) is 5.26 Å². The zero-order valence-corrected chi connectivity index (χ0v) is 10.7. The summed E-state index contributed by atoms with van der Waals surface area (Å²) in [6, 6.07) is 6.24. The van der Waals surface area contributed by atoms with E-state index in [1.54, 1.807) is 6.07 Å². The van der Waals surface area contributed by atoms with E-state index >= 15 is 0 Å². The van der Waals surface area contributed by atoms with Crippen LogP contribution in [0, 0.1) is 11.3 Å². The van der Waals surface area contributed by atoms with Gasteiger partial charge < -0.3 is 0 Å². The molecule has 1 unspecified atom stereocenters. The topological polar surface area (TPSA) is 40.9 Å². The number of halogens is 3. The first-order valence-electron chi connectivity index (χ1n) is 4.90. The number of Topliss-reactive ketones (excluding diaryl/α,β-unsaturated/α-hetero) is 1. The molecular weight excluding hydrogens is 292 g/mol. The van der Waals surface area contributed by atoms with Gasteiger partial charge in [0.1, 0.15) is 5.78 Å². The van der Waals surface area contributed by atoms with Gasteiger partial charge in [-0.25, -0.2) is 8.78 Å². The standard InChI is InChI=1S/C12H10BrF2NO/c1-7(17)11(13)10-8(5-6-16)3-2-4-9(10)12(14)15/h2-4,11-12H,5H2,1H3. The van der Waals surface area contributed by atoms with E-state index in [-0.39, 0.29) is 23.3 Å². The van der Waals surface area contributed by atoms with Gasteiger partial charge in [-0.15, -0.1) is 0 Å². The number of benzene rings is 1. The smallest absolute Gasteiger partial charge is 0.264 e. The third-order valence-electron chi connectivity index (χ3n) is 2.35. The molecule has 0 N–H and O–H groups in total. The van der Waals surface area contributed by atoms with E-state index in [0.29, 0.717) is 5.56 Å². The minimum absolute atomic E-state index is 0.00523. The summed E-state index contributed by atoms with van der Waals surface area (Å²) in [5, 5.41) is 8.66. The number of rotatable bonds is 4. The van der Waals surface area contributed by atoms with Crippen LogP contribution in [0.2, 0.25) is 0 Å². The Balaban J connectivity index is 3.39. The van der Waals surface area contributed by atoms with Crippen molar-refractivity contribution in [2.24, 2.45) is 0 Å². The number of nitriles is 1. The highest BCUT2D eigenvalue weighted by Crippen LogP contribution is 2.35. The molecule has 0 bridgehead atoms. The number of alkyl halides is 3. The lowest BCUT2D eigenvalue weighted by Crippen LogP contribution is -2.09. The minimum Gasteiger partial charge on any atom is -0.298 e. The van der Waals surface area contributed by atoms with Gasteiger partial charge in [0.15, 0.2) is 0 Å². The van der Waals surface area contributed by atoms with Crippen LogP contribution < -0.4 is 0 Å². The lowest BCUT2D eigenvalue weighted by Gasteiger charge is -2.16. The first kappa shape index (κ1) is 13.8. The molecule has 0 heterocycles. The van der Waals surface area contributed by atoms with Gasteiger partial charge in [-0.3, -0.25) is 4.79 Å². The molecule has 0 saturated heterocycles. The first-order chi connectivity index (χ1) is 7.99. The minimum atomic E-state index is -2.66. The van der Waals surface area contributed by atoms with Crippen LogP contribution in [0.3, 0.4) is 0 Å². The fraction of sp³-hybridized carbons (Fsp3) is 0.333. The van der Waals surface area contributed by atoms with E-state index in [1.165, 1.54) is 19.1 Å². The van der Waals surface area contributed by atoms with E-state index in [0.717, 1.165) is 0 Å². The number of carbonyl (C=O) groups excluding carboxylic acids is 1. The number of carbonyl (C=O) groups is 1. The molecule has 0 aliphatic rings. The van der Waals surface area contributed by atoms with Crippen LogP contribution in [-0.4, -0.2) is 5.78 Å². The maximum atomic E-state index is 12.9. The molecule has 5 heteroatoms. The molecule has 0 aromatic heterocycles. The largest absolute Gasteiger partial charge is 0.298 e. The molecule has 1 atom stereocenters. The summed E-state index contributed by atoms with van der Waals surface area (Å²) in [5.74, 6) is -0.266. The van der Waals surface area contributed by atoms with Gasteiger partial charge in [0, 0.05) is 5.56 Å². The average Bonchev–Trinajstić information content (AvgIpc) is 2.28. The highest BCUT2D eigenvalue weighted by atomic mass is 79.9. The second-order valence-corrected chi connectivity index (χ2v) is 4.44. The van der Waals surface area contributed by atoms with E-state index < -0.39 is 11.3 Å². The fourth-order valence-corrected chi connectivity index (χ4v) is 2.13. The predicted molar refractivity (Wildman–Crippen MR) is 63.1 cm³/mol. The Kier molecular flexibility index (Phi) is 4.76. The predicted octanol–water partition coefficient (Wildman–Crippen LogP) is 3.72. The van der Waals surface area contributed by atoms with Crippen molar-refractivity contribution in [3.05, 3.63) is 34.9 Å². The summed E-state index contributed by atoms with van der Waals surface area (Å²) < 4.78 is 25.7. The van der Waals surface area contributed by atoms with Gasteiger partial charge in [-0.1, -0.05) is 34.1 Å². The SMILES string of the molecule is CC(=O)C(Br)c1c(CC#N)cccc1C(F)F. The highest BCUT2D eigenvalue weighted by Gasteiger charge is 2.24. The highest BCUT2D eigenvalue weighted by molar-refractivity contribution is 9.09. The van der Waals surface area contributed by atoms with Crippen LogP contribution in [0.1, 0.15) is 34.9 Å². The maximum Gasteiger partial charge on any atom is 0.264 e. The molecule has 0 aliphatic carbocycles. The van der Waals surface area contributed by atoms with Gasteiger partial charge in [-0.05, 0) is 18.1 Å². The summed E-state index contributed by atoms with van der Waals surface area (Å²) >= 11 is 3.10. The first-order valence-corrected chi connectivity index (χ1v) is 5.82. The zero-order valence-electron chi connectivity index (χ0n) is 9.08. The van der Waals surface area contributed by atoms with E-state index in [9.17, 15) is 13.6 Å². The van der Waals surface area contributed by atoms with Crippen molar-refractivity contribution in [2.45, 2.75) is 24.6 Å². The molecule has 1 aromatic carbocycles. The second kappa shape index (κ2) is 5.87. The number of hydrogen-bond acceptors (Lipinski definition) is 2. The molecule has 1 aromatic rings. The molecule has 17 heavy (non-hydrogen) atoms. The summed E-state index contributed by atoms with van der Waals surface area (Å²) in [6.07, 6.45) is -2.66. The summed E-state index contributed by atoms with van der Waals surface area (Å²) in [5.41, 5.74) is 0.480. The van der Waals surface area contributed by atoms with Crippen molar-refractivity contribution in [1.82, 2.24) is 0 Å². The third-order valence-corrected chi connectivity index (χ3v) is 3.45. The Morgan fingerprint density at radius 2 is 2.18 bits per heavy atom. The Labute approximate surface area is 106 Å². The van der Waals surface area contributed by atoms with Crippen molar-refractivity contribution in [2.75, 3.05) is 0 Å². The number of hydrogen-bond donors (Lipinski definition) is 0. The van der Waals surface area contributed by atoms with Crippen LogP contribution in [0.25, 0.3) is 0 Å². The number of ketones is 1. The zero-order chi connectivity index (χ0) is 13.0. The van der Waals surface area contributed by atoms with Crippen LogP contribution in [0.4, 0.5) is 8.78 Å². The summed E-state index contributed by atoms with van der Waals surface area (Å²) in [7, 11) is 0. The van der Waals surface area contributed by atoms with Gasteiger partial charge in [-0.2, -0.15) is 5.26 Å². The van der Waals surface area contributed by atoms with Crippen LogP contribution in [0.15, 0.2) is 18.2 Å².